The molecule has 0 aliphatic carbocycles. The van der Waals surface area contributed by atoms with Gasteiger partial charge in [0, 0.05) is 15.4 Å². The van der Waals surface area contributed by atoms with Gasteiger partial charge < -0.3 is 10.1 Å². The lowest BCUT2D eigenvalue weighted by molar-refractivity contribution is -0.123. The Balaban J connectivity index is 1.67. The molecule has 0 fully saturated rings. The van der Waals surface area contributed by atoms with E-state index < -0.39 is 12.1 Å². The molecule has 0 spiro atoms. The van der Waals surface area contributed by atoms with Crippen molar-refractivity contribution >= 4 is 39.7 Å². The van der Waals surface area contributed by atoms with Crippen LogP contribution >= 0.6 is 11.3 Å². The quantitative estimate of drug-likeness (QED) is 0.692. The second kappa shape index (κ2) is 7.07. The van der Waals surface area contributed by atoms with Crippen LogP contribution in [-0.2, 0) is 9.53 Å². The molecular weight excluding hydrogens is 334 g/mol. The average Bonchev–Trinajstić information content (AvgIpc) is 2.93. The lowest BCUT2D eigenvalue weighted by Crippen LogP contribution is -2.30. The normalized spacial score (nSPS) is 12.0. The van der Waals surface area contributed by atoms with Gasteiger partial charge in [-0.25, -0.2) is 4.79 Å². The number of aryl methyl sites for hydroxylation is 2. The first kappa shape index (κ1) is 17.2. The van der Waals surface area contributed by atoms with Crippen molar-refractivity contribution in [2.75, 3.05) is 5.32 Å². The molecule has 1 N–H and O–H groups in total. The Kier molecular flexibility index (Phi) is 4.86. The minimum absolute atomic E-state index is 0.353. The molecule has 0 saturated heterocycles. The second-order valence-electron chi connectivity index (χ2n) is 5.93. The van der Waals surface area contributed by atoms with E-state index in [1.54, 1.807) is 13.0 Å². The number of ether oxygens (including phenoxy) is 1. The molecule has 4 nitrogen and oxygen atoms in total. The Morgan fingerprint density at radius 3 is 2.44 bits per heavy atom. The molecule has 0 radical (unpaired) electrons. The van der Waals surface area contributed by atoms with Crippen LogP contribution in [-0.4, -0.2) is 18.0 Å². The third-order valence-electron chi connectivity index (χ3n) is 3.93. The van der Waals surface area contributed by atoms with E-state index in [0.29, 0.717) is 11.3 Å². The van der Waals surface area contributed by atoms with E-state index in [9.17, 15) is 9.59 Å². The first-order chi connectivity index (χ1) is 11.9. The second-order valence-corrected chi connectivity index (χ2v) is 7.39. The Morgan fingerprint density at radius 2 is 1.76 bits per heavy atom. The predicted octanol–water partition coefficient (Wildman–Crippen LogP) is 4.70. The molecule has 0 aliphatic rings. The van der Waals surface area contributed by atoms with Gasteiger partial charge in [-0.15, -0.1) is 11.3 Å². The first-order valence-electron chi connectivity index (χ1n) is 8.02. The summed E-state index contributed by atoms with van der Waals surface area (Å²) in [6.07, 6.45) is -0.876. The van der Waals surface area contributed by atoms with E-state index >= 15 is 0 Å². The van der Waals surface area contributed by atoms with Gasteiger partial charge in [0.2, 0.25) is 0 Å². The summed E-state index contributed by atoms with van der Waals surface area (Å²) in [6.45, 7) is 5.38. The minimum atomic E-state index is -0.876. The van der Waals surface area contributed by atoms with Crippen molar-refractivity contribution < 1.29 is 14.3 Å². The fraction of sp³-hybridized carbons (Fsp3) is 0.200. The largest absolute Gasteiger partial charge is 0.449 e. The number of esters is 1. The molecule has 1 unspecified atom stereocenters. The molecule has 2 aromatic carbocycles. The maximum Gasteiger partial charge on any atom is 0.340 e. The first-order valence-corrected chi connectivity index (χ1v) is 8.83. The summed E-state index contributed by atoms with van der Waals surface area (Å²) in [5, 5.41) is 4.93. The Hall–Kier alpha value is -2.66. The predicted molar refractivity (Wildman–Crippen MR) is 101 cm³/mol. The highest BCUT2D eigenvalue weighted by Crippen LogP contribution is 2.22. The van der Waals surface area contributed by atoms with Crippen LogP contribution in [0.1, 0.15) is 27.0 Å². The molecule has 1 amide bonds. The summed E-state index contributed by atoms with van der Waals surface area (Å²) in [5.41, 5.74) is 1.20. The van der Waals surface area contributed by atoms with Crippen molar-refractivity contribution in [1.29, 1.82) is 0 Å². The molecule has 3 rings (SSSR count). The Labute approximate surface area is 150 Å². The van der Waals surface area contributed by atoms with Gasteiger partial charge in [0.25, 0.3) is 5.91 Å². The van der Waals surface area contributed by atoms with Gasteiger partial charge >= 0.3 is 5.97 Å². The van der Waals surface area contributed by atoms with Gasteiger partial charge in [0.1, 0.15) is 0 Å². The van der Waals surface area contributed by atoms with E-state index in [2.05, 4.69) is 5.32 Å². The van der Waals surface area contributed by atoms with Crippen molar-refractivity contribution in [3.63, 3.8) is 0 Å². The number of benzene rings is 2. The van der Waals surface area contributed by atoms with Gasteiger partial charge in [0.05, 0.1) is 5.56 Å². The summed E-state index contributed by atoms with van der Waals surface area (Å²) >= 11 is 1.54. The monoisotopic (exact) mass is 353 g/mol. The van der Waals surface area contributed by atoms with Crippen molar-refractivity contribution in [3.8, 4) is 0 Å². The zero-order valence-electron chi connectivity index (χ0n) is 14.3. The topological polar surface area (TPSA) is 55.4 Å². The lowest BCUT2D eigenvalue weighted by Gasteiger charge is -2.14. The van der Waals surface area contributed by atoms with Crippen LogP contribution in [0.5, 0.6) is 0 Å². The molecule has 128 valence electrons. The third kappa shape index (κ3) is 3.88. The van der Waals surface area contributed by atoms with E-state index in [-0.39, 0.29) is 5.91 Å². The molecule has 1 aromatic heterocycles. The fourth-order valence-corrected chi connectivity index (χ4v) is 3.53. The van der Waals surface area contributed by atoms with Crippen LogP contribution in [0, 0.1) is 13.8 Å². The van der Waals surface area contributed by atoms with Gasteiger partial charge in [0.15, 0.2) is 6.10 Å². The SMILES string of the molecule is Cc1cc(C(=O)OC(C)C(=O)Nc2ccc3ccccc3c2)c(C)s1. The molecule has 0 bridgehead atoms. The van der Waals surface area contributed by atoms with Crippen LogP contribution in [0.3, 0.4) is 0 Å². The standard InChI is InChI=1S/C20H19NO3S/c1-12-10-18(14(3)25-12)20(23)24-13(2)19(22)21-17-9-8-15-6-4-5-7-16(15)11-17/h4-11,13H,1-3H3,(H,21,22). The number of fused-ring (bicyclic) bond motifs is 1. The number of carbonyl (C=O) groups is 2. The molecule has 1 atom stereocenters. The van der Waals surface area contributed by atoms with Crippen LogP contribution in [0.25, 0.3) is 10.8 Å². The van der Waals surface area contributed by atoms with Gasteiger partial charge in [-0.3, -0.25) is 4.79 Å². The van der Waals surface area contributed by atoms with E-state index in [4.69, 9.17) is 4.74 Å². The molecule has 3 aromatic rings. The fourth-order valence-electron chi connectivity index (χ4n) is 2.62. The summed E-state index contributed by atoms with van der Waals surface area (Å²) < 4.78 is 5.31. The summed E-state index contributed by atoms with van der Waals surface area (Å²) in [4.78, 5) is 26.5. The van der Waals surface area contributed by atoms with Crippen molar-refractivity contribution in [2.24, 2.45) is 0 Å². The molecule has 5 heteroatoms. The van der Waals surface area contributed by atoms with Crippen LogP contribution < -0.4 is 5.32 Å². The highest BCUT2D eigenvalue weighted by atomic mass is 32.1. The minimum Gasteiger partial charge on any atom is -0.449 e. The van der Waals surface area contributed by atoms with Crippen molar-refractivity contribution in [1.82, 2.24) is 0 Å². The number of nitrogens with one attached hydrogen (secondary N) is 1. The maximum absolute atomic E-state index is 12.3. The average molecular weight is 353 g/mol. The van der Waals surface area contributed by atoms with E-state index in [0.717, 1.165) is 20.5 Å². The maximum atomic E-state index is 12.3. The third-order valence-corrected chi connectivity index (χ3v) is 4.90. The number of amides is 1. The van der Waals surface area contributed by atoms with Gasteiger partial charge in [-0.1, -0.05) is 30.3 Å². The van der Waals surface area contributed by atoms with Crippen molar-refractivity contribution in [2.45, 2.75) is 26.9 Å². The molecular formula is C20H19NO3S. The number of rotatable bonds is 4. The molecule has 0 aliphatic heterocycles. The molecule has 25 heavy (non-hydrogen) atoms. The highest BCUT2D eigenvalue weighted by molar-refractivity contribution is 7.12. The number of hydrogen-bond donors (Lipinski definition) is 1. The summed E-state index contributed by atoms with van der Waals surface area (Å²) in [7, 11) is 0. The number of hydrogen-bond acceptors (Lipinski definition) is 4. The number of anilines is 1. The van der Waals surface area contributed by atoms with Crippen LogP contribution in [0.4, 0.5) is 5.69 Å². The number of thiophene rings is 1. The zero-order chi connectivity index (χ0) is 18.0. The zero-order valence-corrected chi connectivity index (χ0v) is 15.1. The summed E-state index contributed by atoms with van der Waals surface area (Å²) in [5.74, 6) is -0.823. The highest BCUT2D eigenvalue weighted by Gasteiger charge is 2.21. The van der Waals surface area contributed by atoms with E-state index in [1.165, 1.54) is 11.3 Å². The van der Waals surface area contributed by atoms with Crippen LogP contribution in [0.15, 0.2) is 48.5 Å². The Morgan fingerprint density at radius 1 is 1.04 bits per heavy atom. The Bertz CT molecular complexity index is 945. The molecule has 1 heterocycles. The van der Waals surface area contributed by atoms with Gasteiger partial charge in [-0.2, -0.15) is 0 Å². The molecule has 0 saturated carbocycles. The van der Waals surface area contributed by atoms with Crippen LogP contribution in [0.2, 0.25) is 0 Å². The van der Waals surface area contributed by atoms with Crippen molar-refractivity contribution in [3.05, 3.63) is 63.8 Å². The summed E-state index contributed by atoms with van der Waals surface area (Å²) in [6, 6.07) is 15.4. The lowest BCUT2D eigenvalue weighted by atomic mass is 10.1. The van der Waals surface area contributed by atoms with Gasteiger partial charge in [-0.05, 0) is 49.7 Å². The smallest absolute Gasteiger partial charge is 0.340 e. The van der Waals surface area contributed by atoms with E-state index in [1.807, 2.05) is 56.3 Å². The number of carbonyl (C=O) groups excluding carboxylic acids is 2.